The number of hydrogen-bond acceptors (Lipinski definition) is 3. The molecule has 104 valence electrons. The average Bonchev–Trinajstić information content (AvgIpc) is 3.20. The number of benzene rings is 1. The molecule has 1 saturated carbocycles. The van der Waals surface area contributed by atoms with Gasteiger partial charge in [-0.1, -0.05) is 11.6 Å². The Bertz CT molecular complexity index is 483. The summed E-state index contributed by atoms with van der Waals surface area (Å²) < 4.78 is 10.5. The number of carbonyl (C=O) groups is 1. The Labute approximate surface area is 117 Å². The zero-order valence-corrected chi connectivity index (χ0v) is 11.7. The van der Waals surface area contributed by atoms with E-state index in [1.165, 1.54) is 0 Å². The molecule has 1 aliphatic rings. The lowest BCUT2D eigenvalue weighted by atomic mass is 9.90. The van der Waals surface area contributed by atoms with E-state index in [1.807, 2.05) is 0 Å². The molecular formula is C14H17ClO4. The maximum absolute atomic E-state index is 11.1. The van der Waals surface area contributed by atoms with E-state index in [1.54, 1.807) is 26.4 Å². The highest BCUT2D eigenvalue weighted by Crippen LogP contribution is 2.50. The average molecular weight is 285 g/mol. The van der Waals surface area contributed by atoms with Gasteiger partial charge in [-0.05, 0) is 30.9 Å². The van der Waals surface area contributed by atoms with Gasteiger partial charge in [0, 0.05) is 11.5 Å². The molecule has 1 atom stereocenters. The van der Waals surface area contributed by atoms with Gasteiger partial charge in [0.15, 0.2) is 0 Å². The van der Waals surface area contributed by atoms with E-state index in [9.17, 15) is 4.79 Å². The first-order valence-corrected chi connectivity index (χ1v) is 6.58. The molecule has 1 aliphatic carbocycles. The highest BCUT2D eigenvalue weighted by molar-refractivity contribution is 6.33. The van der Waals surface area contributed by atoms with Crippen molar-refractivity contribution in [3.05, 3.63) is 22.7 Å². The van der Waals surface area contributed by atoms with Gasteiger partial charge >= 0.3 is 5.97 Å². The van der Waals surface area contributed by atoms with E-state index >= 15 is 0 Å². The van der Waals surface area contributed by atoms with Gasteiger partial charge in [-0.15, -0.1) is 0 Å². The summed E-state index contributed by atoms with van der Waals surface area (Å²) >= 11 is 6.34. The van der Waals surface area contributed by atoms with Gasteiger partial charge in [0.2, 0.25) is 0 Å². The number of carboxylic acid groups (broad SMARTS) is 1. The monoisotopic (exact) mass is 284 g/mol. The Hall–Kier alpha value is -1.42. The molecule has 0 saturated heterocycles. The minimum absolute atomic E-state index is 0.0634. The molecule has 1 aromatic carbocycles. The van der Waals surface area contributed by atoms with E-state index < -0.39 is 5.97 Å². The standard InChI is InChI=1S/C14H17ClO4/c1-18-10-5-6-11(19-2)14(15)13(10)9(7-12(16)17)8-3-4-8/h5-6,8-9H,3-4,7H2,1-2H3,(H,16,17). The molecular weight excluding hydrogens is 268 g/mol. The second kappa shape index (κ2) is 5.70. The zero-order chi connectivity index (χ0) is 14.0. The van der Waals surface area contributed by atoms with Crippen LogP contribution < -0.4 is 9.47 Å². The molecule has 0 aliphatic heterocycles. The lowest BCUT2D eigenvalue weighted by Crippen LogP contribution is -2.10. The van der Waals surface area contributed by atoms with Crippen LogP contribution in [-0.2, 0) is 4.79 Å². The molecule has 2 rings (SSSR count). The molecule has 1 fully saturated rings. The van der Waals surface area contributed by atoms with Crippen molar-refractivity contribution in [2.24, 2.45) is 5.92 Å². The first kappa shape index (κ1) is 14.0. The molecule has 0 bridgehead atoms. The summed E-state index contributed by atoms with van der Waals surface area (Å²) in [6.07, 6.45) is 2.14. The normalized spacial score (nSPS) is 15.9. The summed E-state index contributed by atoms with van der Waals surface area (Å²) in [6.45, 7) is 0. The van der Waals surface area contributed by atoms with Crippen LogP contribution in [-0.4, -0.2) is 25.3 Å². The number of ether oxygens (including phenoxy) is 2. The van der Waals surface area contributed by atoms with Crippen LogP contribution in [0, 0.1) is 5.92 Å². The fourth-order valence-electron chi connectivity index (χ4n) is 2.43. The van der Waals surface area contributed by atoms with E-state index in [0.717, 1.165) is 18.4 Å². The topological polar surface area (TPSA) is 55.8 Å². The summed E-state index contributed by atoms with van der Waals surface area (Å²) in [5, 5.41) is 9.55. The zero-order valence-electron chi connectivity index (χ0n) is 11.0. The van der Waals surface area contributed by atoms with Crippen molar-refractivity contribution in [1.82, 2.24) is 0 Å². The first-order chi connectivity index (χ1) is 9.08. The molecule has 19 heavy (non-hydrogen) atoms. The first-order valence-electron chi connectivity index (χ1n) is 6.20. The van der Waals surface area contributed by atoms with Gasteiger partial charge in [-0.25, -0.2) is 0 Å². The summed E-state index contributed by atoms with van der Waals surface area (Å²) in [4.78, 5) is 11.1. The van der Waals surface area contributed by atoms with E-state index in [2.05, 4.69) is 0 Å². The van der Waals surface area contributed by atoms with Gasteiger partial charge in [0.05, 0.1) is 25.7 Å². The predicted octanol–water partition coefficient (Wildman–Crippen LogP) is 3.33. The molecule has 1 aromatic rings. The number of methoxy groups -OCH3 is 2. The van der Waals surface area contributed by atoms with Crippen LogP contribution in [0.3, 0.4) is 0 Å². The van der Waals surface area contributed by atoms with Crippen LogP contribution in [0.4, 0.5) is 0 Å². The summed E-state index contributed by atoms with van der Waals surface area (Å²) in [5.74, 6) is 0.611. The molecule has 0 radical (unpaired) electrons. The molecule has 0 spiro atoms. The Morgan fingerprint density at radius 2 is 1.95 bits per heavy atom. The molecule has 0 aromatic heterocycles. The minimum Gasteiger partial charge on any atom is -0.496 e. The second-order valence-electron chi connectivity index (χ2n) is 4.74. The van der Waals surface area contributed by atoms with Gasteiger partial charge in [-0.3, -0.25) is 4.79 Å². The van der Waals surface area contributed by atoms with Crippen molar-refractivity contribution < 1.29 is 19.4 Å². The minimum atomic E-state index is -0.821. The van der Waals surface area contributed by atoms with Crippen LogP contribution in [0.1, 0.15) is 30.7 Å². The van der Waals surface area contributed by atoms with Crippen molar-refractivity contribution in [3.8, 4) is 11.5 Å². The third-order valence-corrected chi connectivity index (χ3v) is 3.89. The van der Waals surface area contributed by atoms with Crippen molar-refractivity contribution in [2.75, 3.05) is 14.2 Å². The predicted molar refractivity (Wildman–Crippen MR) is 72.3 cm³/mol. The molecule has 1 N–H and O–H groups in total. The highest BCUT2D eigenvalue weighted by atomic mass is 35.5. The van der Waals surface area contributed by atoms with Crippen LogP contribution in [0.5, 0.6) is 11.5 Å². The van der Waals surface area contributed by atoms with E-state index in [-0.39, 0.29) is 12.3 Å². The molecule has 4 nitrogen and oxygen atoms in total. The largest absolute Gasteiger partial charge is 0.496 e. The molecule has 1 unspecified atom stereocenters. The smallest absolute Gasteiger partial charge is 0.303 e. The number of aliphatic carboxylic acids is 1. The number of hydrogen-bond donors (Lipinski definition) is 1. The number of halogens is 1. The highest BCUT2D eigenvalue weighted by Gasteiger charge is 2.37. The van der Waals surface area contributed by atoms with E-state index in [4.69, 9.17) is 26.2 Å². The molecule has 0 amide bonds. The van der Waals surface area contributed by atoms with Crippen molar-refractivity contribution in [1.29, 1.82) is 0 Å². The third-order valence-electron chi connectivity index (χ3n) is 3.50. The van der Waals surface area contributed by atoms with Crippen LogP contribution in [0.2, 0.25) is 5.02 Å². The maximum Gasteiger partial charge on any atom is 0.303 e. The number of carboxylic acids is 1. The second-order valence-corrected chi connectivity index (χ2v) is 5.12. The molecule has 0 heterocycles. The van der Waals surface area contributed by atoms with Gasteiger partial charge in [-0.2, -0.15) is 0 Å². The van der Waals surface area contributed by atoms with Crippen molar-refractivity contribution >= 4 is 17.6 Å². The van der Waals surface area contributed by atoms with E-state index in [0.29, 0.717) is 22.4 Å². The van der Waals surface area contributed by atoms with Gasteiger partial charge in [0.1, 0.15) is 11.5 Å². The van der Waals surface area contributed by atoms with Crippen molar-refractivity contribution in [3.63, 3.8) is 0 Å². The Morgan fingerprint density at radius 3 is 2.42 bits per heavy atom. The maximum atomic E-state index is 11.1. The quantitative estimate of drug-likeness (QED) is 0.870. The van der Waals surface area contributed by atoms with Crippen LogP contribution in [0.25, 0.3) is 0 Å². The Kier molecular flexibility index (Phi) is 4.20. The molecule has 5 heteroatoms. The Balaban J connectivity index is 2.46. The lowest BCUT2D eigenvalue weighted by Gasteiger charge is -2.20. The van der Waals surface area contributed by atoms with Gasteiger partial charge < -0.3 is 14.6 Å². The fraction of sp³-hybridized carbons (Fsp3) is 0.500. The van der Waals surface area contributed by atoms with Crippen LogP contribution >= 0.6 is 11.6 Å². The fourth-order valence-corrected chi connectivity index (χ4v) is 2.80. The van der Waals surface area contributed by atoms with Crippen LogP contribution in [0.15, 0.2) is 12.1 Å². The Morgan fingerprint density at radius 1 is 1.37 bits per heavy atom. The summed E-state index contributed by atoms with van der Waals surface area (Å²) in [6, 6.07) is 3.51. The summed E-state index contributed by atoms with van der Waals surface area (Å²) in [5.41, 5.74) is 0.758. The van der Waals surface area contributed by atoms with Gasteiger partial charge in [0.25, 0.3) is 0 Å². The SMILES string of the molecule is COc1ccc(OC)c(C(CC(=O)O)C2CC2)c1Cl. The third kappa shape index (κ3) is 2.95. The summed E-state index contributed by atoms with van der Waals surface area (Å²) in [7, 11) is 3.10. The number of rotatable bonds is 6. The van der Waals surface area contributed by atoms with Crippen molar-refractivity contribution in [2.45, 2.75) is 25.2 Å². The lowest BCUT2D eigenvalue weighted by molar-refractivity contribution is -0.137.